The molecule has 9 heteroatoms. The van der Waals surface area contributed by atoms with E-state index < -0.39 is 27.0 Å². The zero-order chi connectivity index (χ0) is 21.4. The third-order valence-corrected chi connectivity index (χ3v) is 6.17. The predicted molar refractivity (Wildman–Crippen MR) is 101 cm³/mol. The number of benzene rings is 1. The summed E-state index contributed by atoms with van der Waals surface area (Å²) in [5.41, 5.74) is 0.926. The van der Waals surface area contributed by atoms with Crippen LogP contribution in [0, 0.1) is 5.41 Å². The minimum Gasteiger partial charge on any atom is -0.396 e. The van der Waals surface area contributed by atoms with Gasteiger partial charge in [0.1, 0.15) is 0 Å². The summed E-state index contributed by atoms with van der Waals surface area (Å²) in [5, 5.41) is 19.5. The fraction of sp³-hybridized carbons (Fsp3) is 0.350. The Kier molecular flexibility index (Phi) is 5.59. The molecular weight excluding hydrogens is 407 g/mol. The van der Waals surface area contributed by atoms with Crippen LogP contribution in [0.3, 0.4) is 0 Å². The van der Waals surface area contributed by atoms with Gasteiger partial charge in [0.15, 0.2) is 14.9 Å². The quantitative estimate of drug-likeness (QED) is 0.765. The summed E-state index contributed by atoms with van der Waals surface area (Å²) in [6.07, 6.45) is -1.46. The zero-order valence-corrected chi connectivity index (χ0v) is 16.4. The molecule has 0 atom stereocenters. The molecule has 0 saturated heterocycles. The molecule has 1 aliphatic carbocycles. The summed E-state index contributed by atoms with van der Waals surface area (Å²) in [4.78, 5) is 3.97. The monoisotopic (exact) mass is 427 g/mol. The van der Waals surface area contributed by atoms with E-state index in [0.29, 0.717) is 22.3 Å². The van der Waals surface area contributed by atoms with Gasteiger partial charge >= 0.3 is 6.18 Å². The van der Waals surface area contributed by atoms with Crippen molar-refractivity contribution in [1.29, 1.82) is 0 Å². The van der Waals surface area contributed by atoms with Gasteiger partial charge in [-0.25, -0.2) is 13.4 Å². The number of aliphatic hydroxyl groups excluding tert-OH is 2. The van der Waals surface area contributed by atoms with Gasteiger partial charge in [-0.15, -0.1) is 0 Å². The highest BCUT2D eigenvalue weighted by atomic mass is 32.2. The molecule has 0 bridgehead atoms. The lowest BCUT2D eigenvalue weighted by Crippen LogP contribution is -2.27. The van der Waals surface area contributed by atoms with Gasteiger partial charge in [0.25, 0.3) is 0 Å². The Morgan fingerprint density at radius 1 is 0.966 bits per heavy atom. The molecule has 0 amide bonds. The van der Waals surface area contributed by atoms with Gasteiger partial charge in [-0.2, -0.15) is 13.2 Å². The van der Waals surface area contributed by atoms with Crippen molar-refractivity contribution in [3.8, 4) is 0 Å². The lowest BCUT2D eigenvalue weighted by molar-refractivity contribution is -0.137. The Balaban J connectivity index is 2.08. The van der Waals surface area contributed by atoms with Gasteiger partial charge in [0.05, 0.1) is 18.8 Å². The summed E-state index contributed by atoms with van der Waals surface area (Å²) >= 11 is 0. The third kappa shape index (κ3) is 4.36. The Morgan fingerprint density at radius 2 is 1.48 bits per heavy atom. The van der Waals surface area contributed by atoms with E-state index in [2.05, 4.69) is 4.98 Å². The number of alkyl halides is 3. The first-order valence-electron chi connectivity index (χ1n) is 8.77. The van der Waals surface area contributed by atoms with Gasteiger partial charge in [0.2, 0.25) is 0 Å². The molecular formula is C20H20F3NO4S. The van der Waals surface area contributed by atoms with Gasteiger partial charge in [0, 0.05) is 17.9 Å². The molecule has 0 radical (unpaired) electrons. The van der Waals surface area contributed by atoms with Crippen molar-refractivity contribution in [3.63, 3.8) is 0 Å². The van der Waals surface area contributed by atoms with Crippen LogP contribution in [0.2, 0.25) is 0 Å². The van der Waals surface area contributed by atoms with Crippen LogP contribution in [0.1, 0.15) is 29.5 Å². The van der Waals surface area contributed by atoms with Crippen LogP contribution in [0.4, 0.5) is 13.2 Å². The molecule has 2 N–H and O–H groups in total. The van der Waals surface area contributed by atoms with E-state index >= 15 is 0 Å². The highest BCUT2D eigenvalue weighted by Crippen LogP contribution is 2.49. The molecule has 0 unspecified atom stereocenters. The average Bonchev–Trinajstić information content (AvgIpc) is 3.07. The van der Waals surface area contributed by atoms with E-state index in [0.717, 1.165) is 18.4 Å². The van der Waals surface area contributed by atoms with Crippen molar-refractivity contribution in [2.75, 3.05) is 19.5 Å². The molecule has 1 heterocycles. The fourth-order valence-electron chi connectivity index (χ4n) is 3.49. The number of aromatic nitrogens is 1. The lowest BCUT2D eigenvalue weighted by atomic mass is 9.84. The van der Waals surface area contributed by atoms with E-state index in [-0.39, 0.29) is 31.1 Å². The predicted octanol–water partition coefficient (Wildman–Crippen LogP) is 3.18. The van der Waals surface area contributed by atoms with Crippen LogP contribution < -0.4 is 0 Å². The molecule has 29 heavy (non-hydrogen) atoms. The van der Waals surface area contributed by atoms with E-state index in [1.165, 1.54) is 24.4 Å². The second-order valence-corrected chi connectivity index (χ2v) is 9.32. The fourth-order valence-corrected chi connectivity index (χ4v) is 4.05. The van der Waals surface area contributed by atoms with Crippen molar-refractivity contribution in [1.82, 2.24) is 4.98 Å². The van der Waals surface area contributed by atoms with Crippen LogP contribution in [0.25, 0.3) is 11.1 Å². The van der Waals surface area contributed by atoms with Crippen molar-refractivity contribution in [3.05, 3.63) is 59.3 Å². The number of halogens is 3. The van der Waals surface area contributed by atoms with Gasteiger partial charge < -0.3 is 10.2 Å². The molecule has 0 aliphatic heterocycles. The molecule has 0 spiro atoms. The van der Waals surface area contributed by atoms with Gasteiger partial charge in [-0.05, 0) is 53.3 Å². The number of rotatable bonds is 5. The summed E-state index contributed by atoms with van der Waals surface area (Å²) < 4.78 is 61.9. The Morgan fingerprint density at radius 3 is 1.90 bits per heavy atom. The number of hydrogen-bond donors (Lipinski definition) is 2. The maximum atomic E-state index is 12.9. The van der Waals surface area contributed by atoms with E-state index in [1.54, 1.807) is 6.07 Å². The Labute approximate surface area is 166 Å². The number of hydrogen-bond acceptors (Lipinski definition) is 5. The van der Waals surface area contributed by atoms with Gasteiger partial charge in [-0.1, -0.05) is 18.2 Å². The van der Waals surface area contributed by atoms with Crippen molar-refractivity contribution >= 4 is 21.0 Å². The number of aliphatic hydroxyl groups is 2. The largest absolute Gasteiger partial charge is 0.416 e. The highest BCUT2D eigenvalue weighted by Gasteiger charge is 2.39. The maximum Gasteiger partial charge on any atom is 0.416 e. The molecule has 0 saturated carbocycles. The second kappa shape index (κ2) is 7.55. The summed E-state index contributed by atoms with van der Waals surface area (Å²) in [6, 6.07) is 7.64. The van der Waals surface area contributed by atoms with E-state index in [1.807, 2.05) is 0 Å². The first-order chi connectivity index (χ1) is 13.5. The van der Waals surface area contributed by atoms with Crippen molar-refractivity contribution in [2.24, 2.45) is 5.41 Å². The molecule has 1 aromatic carbocycles. The summed E-state index contributed by atoms with van der Waals surface area (Å²) in [5.74, 6) is 0. The SMILES string of the molecule is CS(=O)(=O)c1ccc(C2=C(c3ccc(C(F)(F)F)cc3)CC(CO)(CO)C2)cn1. The number of allylic oxidation sites excluding steroid dienone is 2. The normalized spacial score (nSPS) is 17.0. The average molecular weight is 427 g/mol. The molecule has 2 aromatic rings. The Hall–Kier alpha value is -2.23. The third-order valence-electron chi connectivity index (χ3n) is 5.16. The molecule has 156 valence electrons. The summed E-state index contributed by atoms with van der Waals surface area (Å²) in [7, 11) is -3.47. The minimum atomic E-state index is -4.45. The smallest absolute Gasteiger partial charge is 0.396 e. The van der Waals surface area contributed by atoms with Crippen LogP contribution in [0.15, 0.2) is 47.6 Å². The van der Waals surface area contributed by atoms with Crippen molar-refractivity contribution < 1.29 is 31.8 Å². The standard InChI is InChI=1S/C20H20F3NO4S/c1-29(27,28)18-7-4-14(10-24-18)17-9-19(11-25,12-26)8-16(17)13-2-5-15(6-3-13)20(21,22)23/h2-7,10,25-26H,8-9,11-12H2,1H3. The highest BCUT2D eigenvalue weighted by molar-refractivity contribution is 7.90. The zero-order valence-electron chi connectivity index (χ0n) is 15.6. The van der Waals surface area contributed by atoms with E-state index in [4.69, 9.17) is 0 Å². The van der Waals surface area contributed by atoms with Gasteiger partial charge in [-0.3, -0.25) is 0 Å². The summed E-state index contributed by atoms with van der Waals surface area (Å²) in [6.45, 7) is -0.599. The topological polar surface area (TPSA) is 87.5 Å². The first kappa shape index (κ1) is 21.5. The molecule has 5 nitrogen and oxygen atoms in total. The molecule has 1 aliphatic rings. The number of pyridine rings is 1. The van der Waals surface area contributed by atoms with Crippen LogP contribution >= 0.6 is 0 Å². The van der Waals surface area contributed by atoms with E-state index in [9.17, 15) is 31.8 Å². The van der Waals surface area contributed by atoms with Crippen LogP contribution in [-0.2, 0) is 16.0 Å². The minimum absolute atomic E-state index is 0.0912. The van der Waals surface area contributed by atoms with Crippen LogP contribution in [-0.4, -0.2) is 43.1 Å². The molecule has 0 fully saturated rings. The number of nitrogens with zero attached hydrogens (tertiary/aromatic N) is 1. The maximum absolute atomic E-state index is 12.9. The van der Waals surface area contributed by atoms with Crippen LogP contribution in [0.5, 0.6) is 0 Å². The molecule has 1 aromatic heterocycles. The second-order valence-electron chi connectivity index (χ2n) is 7.36. The Bertz CT molecular complexity index is 1020. The van der Waals surface area contributed by atoms with Crippen molar-refractivity contribution in [2.45, 2.75) is 24.0 Å². The lowest BCUT2D eigenvalue weighted by Gasteiger charge is -2.24. The number of sulfone groups is 1. The first-order valence-corrected chi connectivity index (χ1v) is 10.7. The molecule has 3 rings (SSSR count).